The number of benzene rings is 1. The molecule has 1 aliphatic heterocycles. The average Bonchev–Trinajstić information content (AvgIpc) is 2.47. The highest BCUT2D eigenvalue weighted by molar-refractivity contribution is 5.94. The Labute approximate surface area is 121 Å². The van der Waals surface area contributed by atoms with Gasteiger partial charge in [-0.1, -0.05) is 0 Å². The van der Waals surface area contributed by atoms with Gasteiger partial charge >= 0.3 is 5.69 Å². The van der Waals surface area contributed by atoms with E-state index in [-0.39, 0.29) is 17.4 Å². The van der Waals surface area contributed by atoms with E-state index in [2.05, 4.69) is 0 Å². The summed E-state index contributed by atoms with van der Waals surface area (Å²) in [6.45, 7) is 1.73. The summed E-state index contributed by atoms with van der Waals surface area (Å²) in [5.74, 6) is -0.977. The number of amides is 1. The van der Waals surface area contributed by atoms with Gasteiger partial charge in [-0.25, -0.2) is 0 Å². The SMILES string of the molecule is COCC1CCCN(C(=O)c2ccc(F)c([N+](=O)[O-])c2)C1. The number of likely N-dealkylation sites (tertiary alicyclic amines) is 1. The second-order valence-corrected chi connectivity index (χ2v) is 5.14. The van der Waals surface area contributed by atoms with E-state index in [1.165, 1.54) is 6.07 Å². The Morgan fingerprint density at radius 1 is 1.57 bits per heavy atom. The molecule has 1 heterocycles. The smallest absolute Gasteiger partial charge is 0.305 e. The van der Waals surface area contributed by atoms with Crippen molar-refractivity contribution in [1.29, 1.82) is 0 Å². The molecule has 7 heteroatoms. The van der Waals surface area contributed by atoms with E-state index in [0.717, 1.165) is 25.0 Å². The molecular formula is C14H17FN2O4. The first-order valence-corrected chi connectivity index (χ1v) is 6.75. The minimum Gasteiger partial charge on any atom is -0.384 e. The molecule has 1 unspecified atom stereocenters. The fourth-order valence-electron chi connectivity index (χ4n) is 2.59. The van der Waals surface area contributed by atoms with E-state index in [4.69, 9.17) is 4.74 Å². The third-order valence-electron chi connectivity index (χ3n) is 3.60. The number of ether oxygens (including phenoxy) is 1. The minimum absolute atomic E-state index is 0.140. The Bertz CT molecular complexity index is 548. The summed E-state index contributed by atoms with van der Waals surface area (Å²) < 4.78 is 18.4. The predicted octanol–water partition coefficient (Wildman–Crippen LogP) is 2.23. The van der Waals surface area contributed by atoms with Gasteiger partial charge < -0.3 is 9.64 Å². The quantitative estimate of drug-likeness (QED) is 0.631. The summed E-state index contributed by atoms with van der Waals surface area (Å²) in [6, 6.07) is 3.24. The number of piperidine rings is 1. The number of nitro benzene ring substituents is 1. The van der Waals surface area contributed by atoms with Gasteiger partial charge in [0.15, 0.2) is 0 Å². The monoisotopic (exact) mass is 296 g/mol. The first-order chi connectivity index (χ1) is 10.0. The van der Waals surface area contributed by atoms with Crippen molar-refractivity contribution < 1.29 is 18.8 Å². The molecule has 1 fully saturated rings. The van der Waals surface area contributed by atoms with E-state index < -0.39 is 16.4 Å². The van der Waals surface area contributed by atoms with Crippen LogP contribution < -0.4 is 0 Å². The van der Waals surface area contributed by atoms with Gasteiger partial charge in [-0.15, -0.1) is 0 Å². The summed E-state index contributed by atoms with van der Waals surface area (Å²) in [4.78, 5) is 23.9. The van der Waals surface area contributed by atoms with Gasteiger partial charge in [-0.3, -0.25) is 14.9 Å². The van der Waals surface area contributed by atoms with Gasteiger partial charge in [0.1, 0.15) is 0 Å². The summed E-state index contributed by atoms with van der Waals surface area (Å²) in [7, 11) is 1.62. The van der Waals surface area contributed by atoms with Crippen molar-refractivity contribution in [3.63, 3.8) is 0 Å². The van der Waals surface area contributed by atoms with E-state index >= 15 is 0 Å². The first kappa shape index (κ1) is 15.4. The lowest BCUT2D eigenvalue weighted by Gasteiger charge is -2.32. The molecule has 0 N–H and O–H groups in total. The average molecular weight is 296 g/mol. The van der Waals surface area contributed by atoms with Gasteiger partial charge in [0.05, 0.1) is 11.5 Å². The van der Waals surface area contributed by atoms with Crippen LogP contribution in [0.2, 0.25) is 0 Å². The second-order valence-electron chi connectivity index (χ2n) is 5.14. The van der Waals surface area contributed by atoms with Crippen LogP contribution in [0.25, 0.3) is 0 Å². The van der Waals surface area contributed by atoms with E-state index in [1.54, 1.807) is 12.0 Å². The van der Waals surface area contributed by atoms with Crippen LogP contribution in [0.5, 0.6) is 0 Å². The molecule has 1 aromatic rings. The number of nitrogens with zero attached hydrogens (tertiary/aromatic N) is 2. The maximum Gasteiger partial charge on any atom is 0.305 e. The molecule has 2 rings (SSSR count). The lowest BCUT2D eigenvalue weighted by atomic mass is 9.98. The molecule has 0 saturated carbocycles. The zero-order valence-corrected chi connectivity index (χ0v) is 11.8. The van der Waals surface area contributed by atoms with E-state index in [0.29, 0.717) is 19.7 Å². The Balaban J connectivity index is 2.16. The molecule has 114 valence electrons. The Morgan fingerprint density at radius 2 is 2.33 bits per heavy atom. The van der Waals surface area contributed by atoms with Crippen molar-refractivity contribution in [2.45, 2.75) is 12.8 Å². The third kappa shape index (κ3) is 3.55. The highest BCUT2D eigenvalue weighted by Gasteiger charge is 2.26. The molecule has 0 aromatic heterocycles. The number of hydrogen-bond donors (Lipinski definition) is 0. The van der Waals surface area contributed by atoms with E-state index in [1.807, 2.05) is 0 Å². The molecule has 1 aromatic carbocycles. The largest absolute Gasteiger partial charge is 0.384 e. The number of hydrogen-bond acceptors (Lipinski definition) is 4. The maximum absolute atomic E-state index is 13.3. The molecule has 1 saturated heterocycles. The van der Waals surface area contributed by atoms with Crippen molar-refractivity contribution >= 4 is 11.6 Å². The lowest BCUT2D eigenvalue weighted by Crippen LogP contribution is -2.41. The van der Waals surface area contributed by atoms with E-state index in [9.17, 15) is 19.3 Å². The van der Waals surface area contributed by atoms with Crippen LogP contribution in [0, 0.1) is 21.8 Å². The van der Waals surface area contributed by atoms with Gasteiger partial charge in [-0.05, 0) is 30.9 Å². The Hall–Kier alpha value is -2.02. The summed E-state index contributed by atoms with van der Waals surface area (Å²) in [5.41, 5.74) is -0.535. The van der Waals surface area contributed by atoms with Crippen molar-refractivity contribution in [2.24, 2.45) is 5.92 Å². The fourth-order valence-corrected chi connectivity index (χ4v) is 2.59. The molecule has 0 spiro atoms. The standard InChI is InChI=1S/C14H17FN2O4/c1-21-9-10-3-2-6-16(8-10)14(18)11-4-5-12(15)13(7-11)17(19)20/h4-5,7,10H,2-3,6,8-9H2,1H3. The zero-order valence-electron chi connectivity index (χ0n) is 11.8. The molecule has 21 heavy (non-hydrogen) atoms. The van der Waals surface area contributed by atoms with Gasteiger partial charge in [0, 0.05) is 31.8 Å². The van der Waals surface area contributed by atoms with Gasteiger partial charge in [0.25, 0.3) is 5.91 Å². The number of rotatable bonds is 4. The van der Waals surface area contributed by atoms with Crippen molar-refractivity contribution in [3.05, 3.63) is 39.7 Å². The molecule has 6 nitrogen and oxygen atoms in total. The molecule has 0 bridgehead atoms. The minimum atomic E-state index is -0.938. The summed E-state index contributed by atoms with van der Waals surface area (Å²) in [5, 5.41) is 10.7. The summed E-state index contributed by atoms with van der Waals surface area (Å²) in [6.07, 6.45) is 1.85. The first-order valence-electron chi connectivity index (χ1n) is 6.75. The third-order valence-corrected chi connectivity index (χ3v) is 3.60. The van der Waals surface area contributed by atoms with Crippen LogP contribution in [-0.4, -0.2) is 42.5 Å². The van der Waals surface area contributed by atoms with Crippen molar-refractivity contribution in [2.75, 3.05) is 26.8 Å². The highest BCUT2D eigenvalue weighted by atomic mass is 19.1. The van der Waals surface area contributed by atoms with Gasteiger partial charge in [0.2, 0.25) is 5.82 Å². The number of carbonyl (C=O) groups excluding carboxylic acids is 1. The zero-order chi connectivity index (χ0) is 15.4. The Kier molecular flexibility index (Phi) is 4.85. The van der Waals surface area contributed by atoms with Crippen LogP contribution in [0.4, 0.5) is 10.1 Å². The predicted molar refractivity (Wildman–Crippen MR) is 73.6 cm³/mol. The van der Waals surface area contributed by atoms with Crippen LogP contribution >= 0.6 is 0 Å². The van der Waals surface area contributed by atoms with Crippen LogP contribution in [0.1, 0.15) is 23.2 Å². The number of carbonyl (C=O) groups is 1. The van der Waals surface area contributed by atoms with Crippen molar-refractivity contribution in [1.82, 2.24) is 4.90 Å². The molecule has 1 amide bonds. The molecule has 0 radical (unpaired) electrons. The van der Waals surface area contributed by atoms with Crippen molar-refractivity contribution in [3.8, 4) is 0 Å². The molecule has 1 atom stereocenters. The molecule has 0 aliphatic carbocycles. The van der Waals surface area contributed by atoms with Gasteiger partial charge in [-0.2, -0.15) is 4.39 Å². The van der Waals surface area contributed by atoms with Crippen LogP contribution in [0.15, 0.2) is 18.2 Å². The Morgan fingerprint density at radius 3 is 3.00 bits per heavy atom. The maximum atomic E-state index is 13.3. The molecule has 1 aliphatic rings. The van der Waals surface area contributed by atoms with Crippen LogP contribution in [0.3, 0.4) is 0 Å². The highest BCUT2D eigenvalue weighted by Crippen LogP contribution is 2.22. The molecular weight excluding hydrogens is 279 g/mol. The second kappa shape index (κ2) is 6.62. The normalized spacial score (nSPS) is 18.6. The number of methoxy groups -OCH3 is 1. The number of halogens is 1. The fraction of sp³-hybridized carbons (Fsp3) is 0.500. The topological polar surface area (TPSA) is 72.7 Å². The summed E-state index contributed by atoms with van der Waals surface area (Å²) >= 11 is 0. The van der Waals surface area contributed by atoms with Crippen LogP contribution in [-0.2, 0) is 4.74 Å². The number of nitro groups is 1. The lowest BCUT2D eigenvalue weighted by molar-refractivity contribution is -0.387.